The molecule has 1 aliphatic heterocycles. The predicted octanol–water partition coefficient (Wildman–Crippen LogP) is 0.766. The van der Waals surface area contributed by atoms with Crippen LogP contribution in [-0.4, -0.2) is 83.5 Å². The molecule has 11 heteroatoms. The topological polar surface area (TPSA) is 117 Å². The van der Waals surface area contributed by atoms with Gasteiger partial charge in [0.15, 0.2) is 0 Å². The van der Waals surface area contributed by atoms with Crippen LogP contribution in [0, 0.1) is 6.92 Å². The molecule has 1 radical (unpaired) electrons. The van der Waals surface area contributed by atoms with Gasteiger partial charge < -0.3 is 41.6 Å². The van der Waals surface area contributed by atoms with Crippen molar-refractivity contribution >= 4 is 23.3 Å². The maximum absolute atomic E-state index is 9.73. The number of rotatable bonds is 9. The molecule has 9 nitrogen and oxygen atoms in total. The van der Waals surface area contributed by atoms with Crippen molar-refractivity contribution in [2.45, 2.75) is 34.3 Å². The molecule has 0 aliphatic carbocycles. The van der Waals surface area contributed by atoms with E-state index in [1.807, 2.05) is 0 Å². The number of Topliss-reactive ketones (excluding diaryl/α,β-unsaturated/α-hetero) is 1. The van der Waals surface area contributed by atoms with Crippen molar-refractivity contribution in [2.24, 2.45) is 0 Å². The molecule has 3 N–H and O–H groups in total. The van der Waals surface area contributed by atoms with Gasteiger partial charge in [0.25, 0.3) is 5.88 Å². The minimum absolute atomic E-state index is 0. The van der Waals surface area contributed by atoms with Gasteiger partial charge in [-0.3, -0.25) is 0 Å². The van der Waals surface area contributed by atoms with E-state index in [-0.39, 0.29) is 66.6 Å². The molecule has 0 saturated carbocycles. The van der Waals surface area contributed by atoms with Crippen LogP contribution in [0.1, 0.15) is 28.2 Å². The summed E-state index contributed by atoms with van der Waals surface area (Å²) < 4.78 is 19.2. The van der Waals surface area contributed by atoms with Crippen LogP contribution in [0.25, 0.3) is 0 Å². The van der Waals surface area contributed by atoms with E-state index in [0.717, 1.165) is 24.8 Å². The third kappa shape index (κ3) is 13.8. The summed E-state index contributed by atoms with van der Waals surface area (Å²) in [5, 5.41) is 21.3. The van der Waals surface area contributed by atoms with E-state index in [1.54, 1.807) is 6.92 Å². The summed E-state index contributed by atoms with van der Waals surface area (Å²) in [4.78, 5) is 11.8. The molecule has 0 bridgehead atoms. The maximum atomic E-state index is 9.73. The average Bonchev–Trinajstić information content (AvgIpc) is 3.10. The standard InChI is InChI=1S/C11H20N4O4S.C4H7O.2CH4.Y/c16-4-1-12-7-9(17)8-19-11-10(13-20-14-11)15-2-5-18-6-3-15;1-3-4(2)5;;;/h9,12,16-17H,1-8H2;2-3H2,1H3;2*1H4;/q;-1;;;. The summed E-state index contributed by atoms with van der Waals surface area (Å²) >= 11 is 1.10. The van der Waals surface area contributed by atoms with Gasteiger partial charge in [0, 0.05) is 58.9 Å². The first kappa shape index (κ1) is 32.3. The molecular formula is C17H35N4O5SY-. The minimum atomic E-state index is -0.652. The number of hydrogen-bond donors (Lipinski definition) is 3. The van der Waals surface area contributed by atoms with E-state index >= 15 is 0 Å². The number of carbonyl (C=O) groups excluding carboxylic acids is 1. The third-order valence-electron chi connectivity index (χ3n) is 3.23. The largest absolute Gasteiger partial charge is 0.472 e. The molecule has 1 aromatic heterocycles. The van der Waals surface area contributed by atoms with Crippen molar-refractivity contribution in [3.8, 4) is 5.88 Å². The number of ketones is 1. The number of ether oxygens (including phenoxy) is 2. The van der Waals surface area contributed by atoms with Crippen molar-refractivity contribution < 1.29 is 57.2 Å². The molecular weight excluding hydrogens is 461 g/mol. The molecule has 1 atom stereocenters. The fourth-order valence-electron chi connectivity index (χ4n) is 1.82. The van der Waals surface area contributed by atoms with Crippen LogP contribution in [0.5, 0.6) is 5.88 Å². The van der Waals surface area contributed by atoms with Gasteiger partial charge in [-0.1, -0.05) is 21.8 Å². The number of aromatic nitrogens is 2. The van der Waals surface area contributed by atoms with Crippen molar-refractivity contribution in [1.29, 1.82) is 0 Å². The predicted molar refractivity (Wildman–Crippen MR) is 109 cm³/mol. The second kappa shape index (κ2) is 19.9. The first-order valence-electron chi connectivity index (χ1n) is 8.20. The van der Waals surface area contributed by atoms with Gasteiger partial charge in [0.05, 0.1) is 31.5 Å². The van der Waals surface area contributed by atoms with Crippen molar-refractivity contribution in [3.05, 3.63) is 6.92 Å². The Kier molecular flexibility index (Phi) is 23.0. The van der Waals surface area contributed by atoms with Crippen molar-refractivity contribution in [2.75, 3.05) is 57.5 Å². The second-order valence-corrected chi connectivity index (χ2v) is 5.81. The zero-order valence-corrected chi connectivity index (χ0v) is 18.7. The number of morpholine rings is 1. The molecule has 28 heavy (non-hydrogen) atoms. The number of carbonyl (C=O) groups is 1. The molecule has 2 rings (SSSR count). The van der Waals surface area contributed by atoms with Gasteiger partial charge in [-0.05, 0) is 12.2 Å². The fraction of sp³-hybridized carbons (Fsp3) is 0.765. The Morgan fingerprint density at radius 3 is 2.54 bits per heavy atom. The summed E-state index contributed by atoms with van der Waals surface area (Å²) in [7, 11) is 0. The van der Waals surface area contributed by atoms with Crippen LogP contribution in [-0.2, 0) is 42.2 Å². The number of nitrogens with one attached hydrogen (secondary N) is 1. The average molecular weight is 496 g/mol. The molecule has 0 amide bonds. The summed E-state index contributed by atoms with van der Waals surface area (Å²) in [5.74, 6) is 1.18. The first-order chi connectivity index (χ1) is 12.1. The molecule has 1 fully saturated rings. The SMILES string of the molecule is C.C.OCCNCC(O)COc1nsnc1N1CCOCC1.[CH2-]C(=O)CC.[Y]. The van der Waals surface area contributed by atoms with E-state index in [2.05, 4.69) is 25.9 Å². The van der Waals surface area contributed by atoms with Crippen LogP contribution in [0.2, 0.25) is 0 Å². The van der Waals surface area contributed by atoms with Crippen LogP contribution < -0.4 is 15.0 Å². The summed E-state index contributed by atoms with van der Waals surface area (Å²) in [6.45, 7) is 8.79. The Bertz CT molecular complexity index is 490. The molecule has 163 valence electrons. The van der Waals surface area contributed by atoms with E-state index < -0.39 is 6.10 Å². The van der Waals surface area contributed by atoms with Crippen molar-refractivity contribution in [1.82, 2.24) is 14.1 Å². The smallest absolute Gasteiger partial charge is 0.270 e. The van der Waals surface area contributed by atoms with Crippen LogP contribution >= 0.6 is 11.7 Å². The van der Waals surface area contributed by atoms with Gasteiger partial charge in [-0.2, -0.15) is 4.37 Å². The molecule has 2 heterocycles. The first-order valence-corrected chi connectivity index (χ1v) is 8.94. The van der Waals surface area contributed by atoms with Crippen LogP contribution in [0.4, 0.5) is 5.82 Å². The van der Waals surface area contributed by atoms with E-state index in [0.29, 0.717) is 44.4 Å². The van der Waals surface area contributed by atoms with E-state index in [1.165, 1.54) is 0 Å². The Balaban J connectivity index is -0.000000700. The quantitative estimate of drug-likeness (QED) is 0.337. The van der Waals surface area contributed by atoms with E-state index in [4.69, 9.17) is 14.6 Å². The normalized spacial score (nSPS) is 13.6. The molecule has 0 aromatic carbocycles. The second-order valence-electron chi connectivity index (χ2n) is 5.28. The Morgan fingerprint density at radius 1 is 1.39 bits per heavy atom. The minimum Gasteiger partial charge on any atom is -0.472 e. The zero-order valence-electron chi connectivity index (χ0n) is 15.1. The number of anilines is 1. The molecule has 1 unspecified atom stereocenters. The van der Waals surface area contributed by atoms with Gasteiger partial charge in [-0.15, -0.1) is 4.37 Å². The van der Waals surface area contributed by atoms with Gasteiger partial charge in [0.1, 0.15) is 12.7 Å². The number of hydrogen-bond acceptors (Lipinski definition) is 10. The Hall–Kier alpha value is -0.356. The van der Waals surface area contributed by atoms with E-state index in [9.17, 15) is 9.90 Å². The van der Waals surface area contributed by atoms with Gasteiger partial charge in [-0.25, -0.2) is 0 Å². The summed E-state index contributed by atoms with van der Waals surface area (Å²) in [6, 6.07) is 0. The van der Waals surface area contributed by atoms with Gasteiger partial charge >= 0.3 is 0 Å². The summed E-state index contributed by atoms with van der Waals surface area (Å²) in [5.41, 5.74) is 0. The Labute approximate surface area is 198 Å². The molecule has 1 saturated heterocycles. The molecule has 1 aromatic rings. The number of aliphatic hydroxyl groups is 2. The summed E-state index contributed by atoms with van der Waals surface area (Å²) in [6.07, 6.45) is -0.0965. The molecule has 0 spiro atoms. The molecule has 1 aliphatic rings. The fourth-order valence-corrected chi connectivity index (χ4v) is 2.34. The van der Waals surface area contributed by atoms with Crippen LogP contribution in [0.15, 0.2) is 0 Å². The van der Waals surface area contributed by atoms with Gasteiger partial charge in [0.2, 0.25) is 5.82 Å². The monoisotopic (exact) mass is 496 g/mol. The Morgan fingerprint density at radius 2 is 2.00 bits per heavy atom. The van der Waals surface area contributed by atoms with Crippen molar-refractivity contribution in [3.63, 3.8) is 0 Å². The number of aliphatic hydroxyl groups excluding tert-OH is 2. The maximum Gasteiger partial charge on any atom is 0.270 e. The zero-order chi connectivity index (χ0) is 18.5. The van der Waals surface area contributed by atoms with Crippen LogP contribution in [0.3, 0.4) is 0 Å². The number of nitrogens with zero attached hydrogens (tertiary/aromatic N) is 3. The third-order valence-corrected chi connectivity index (χ3v) is 3.73.